The molecule has 1 aliphatic heterocycles. The molecule has 0 bridgehead atoms. The van der Waals surface area contributed by atoms with E-state index in [1.807, 2.05) is 0 Å². The number of rotatable bonds is 5. The molecule has 0 unspecified atom stereocenters. The lowest BCUT2D eigenvalue weighted by molar-refractivity contribution is -0.0309. The van der Waals surface area contributed by atoms with Crippen molar-refractivity contribution in [3.05, 3.63) is 0 Å². The third kappa shape index (κ3) is 4.40. The lowest BCUT2D eigenvalue weighted by Crippen LogP contribution is -2.36. The van der Waals surface area contributed by atoms with Gasteiger partial charge in [-0.2, -0.15) is 0 Å². The zero-order valence-corrected chi connectivity index (χ0v) is 9.64. The number of hydrogen-bond acceptors (Lipinski definition) is 3. The zero-order chi connectivity index (χ0) is 10.4. The summed E-state index contributed by atoms with van der Waals surface area (Å²) in [5.74, 6) is 0. The summed E-state index contributed by atoms with van der Waals surface area (Å²) >= 11 is 0. The van der Waals surface area contributed by atoms with Crippen LogP contribution in [0.2, 0.25) is 0 Å². The van der Waals surface area contributed by atoms with Crippen molar-refractivity contribution >= 4 is 0 Å². The number of hydrogen-bond donors (Lipinski definition) is 1. The lowest BCUT2D eigenvalue weighted by atomic mass is 10.1. The summed E-state index contributed by atoms with van der Waals surface area (Å²) < 4.78 is 11.1. The van der Waals surface area contributed by atoms with Gasteiger partial charge in [0.05, 0.1) is 11.7 Å². The summed E-state index contributed by atoms with van der Waals surface area (Å²) in [5.41, 5.74) is -0.0535. The second kappa shape index (κ2) is 5.69. The van der Waals surface area contributed by atoms with Gasteiger partial charge < -0.3 is 14.8 Å². The van der Waals surface area contributed by atoms with E-state index in [9.17, 15) is 0 Å². The molecule has 1 N–H and O–H groups in total. The Balaban J connectivity index is 2.08. The molecule has 84 valence electrons. The van der Waals surface area contributed by atoms with Crippen LogP contribution in [0.4, 0.5) is 0 Å². The predicted octanol–water partition coefficient (Wildman–Crippen LogP) is 1.57. The van der Waals surface area contributed by atoms with Crippen molar-refractivity contribution in [3.63, 3.8) is 0 Å². The smallest absolute Gasteiger partial charge is 0.0699 e. The Morgan fingerprint density at radius 3 is 2.79 bits per heavy atom. The lowest BCUT2D eigenvalue weighted by Gasteiger charge is -2.26. The standard InChI is InChI=1S/C11H23NO2/c1-11(2,13-3)6-8-14-10-5-4-7-12-9-10/h10,12H,4-9H2,1-3H3/t10-/m0/s1. The maximum atomic E-state index is 5.78. The molecule has 0 radical (unpaired) electrons. The molecule has 0 amide bonds. The van der Waals surface area contributed by atoms with Gasteiger partial charge >= 0.3 is 0 Å². The molecule has 3 heteroatoms. The molecule has 3 nitrogen and oxygen atoms in total. The van der Waals surface area contributed by atoms with Crippen molar-refractivity contribution in [1.29, 1.82) is 0 Å². The molecule has 1 aliphatic rings. The average molecular weight is 201 g/mol. The van der Waals surface area contributed by atoms with Crippen LogP contribution in [-0.4, -0.2) is 38.5 Å². The molecule has 1 saturated heterocycles. The van der Waals surface area contributed by atoms with Crippen molar-refractivity contribution in [2.24, 2.45) is 0 Å². The van der Waals surface area contributed by atoms with Gasteiger partial charge in [-0.15, -0.1) is 0 Å². The minimum atomic E-state index is -0.0535. The Kier molecular flexibility index (Phi) is 4.85. The summed E-state index contributed by atoms with van der Waals surface area (Å²) in [6.45, 7) is 7.13. The highest BCUT2D eigenvalue weighted by molar-refractivity contribution is 4.71. The van der Waals surface area contributed by atoms with Gasteiger partial charge in [-0.25, -0.2) is 0 Å². The van der Waals surface area contributed by atoms with Crippen molar-refractivity contribution in [2.75, 3.05) is 26.8 Å². The van der Waals surface area contributed by atoms with Gasteiger partial charge in [0.25, 0.3) is 0 Å². The van der Waals surface area contributed by atoms with Crippen LogP contribution >= 0.6 is 0 Å². The van der Waals surface area contributed by atoms with E-state index in [2.05, 4.69) is 19.2 Å². The Hall–Kier alpha value is -0.120. The molecular weight excluding hydrogens is 178 g/mol. The molecule has 0 aromatic rings. The molecule has 1 atom stereocenters. The number of ether oxygens (including phenoxy) is 2. The zero-order valence-electron chi connectivity index (χ0n) is 9.64. The Labute approximate surface area is 87.2 Å². The number of methoxy groups -OCH3 is 1. The molecule has 0 spiro atoms. The Morgan fingerprint density at radius 1 is 1.43 bits per heavy atom. The quantitative estimate of drug-likeness (QED) is 0.732. The maximum Gasteiger partial charge on any atom is 0.0699 e. The maximum absolute atomic E-state index is 5.78. The van der Waals surface area contributed by atoms with Crippen LogP contribution in [0.25, 0.3) is 0 Å². The van der Waals surface area contributed by atoms with Crippen molar-refractivity contribution < 1.29 is 9.47 Å². The van der Waals surface area contributed by atoms with Gasteiger partial charge in [0.2, 0.25) is 0 Å². The molecule has 1 fully saturated rings. The largest absolute Gasteiger partial charge is 0.379 e. The summed E-state index contributed by atoms with van der Waals surface area (Å²) in [6, 6.07) is 0. The van der Waals surface area contributed by atoms with Crippen LogP contribution in [0.1, 0.15) is 33.1 Å². The van der Waals surface area contributed by atoms with Crippen LogP contribution in [0, 0.1) is 0 Å². The molecule has 1 heterocycles. The third-order valence-electron chi connectivity index (χ3n) is 2.86. The van der Waals surface area contributed by atoms with Gasteiger partial charge in [-0.05, 0) is 39.7 Å². The highest BCUT2D eigenvalue weighted by atomic mass is 16.5. The Bertz CT molecular complexity index is 153. The first-order chi connectivity index (χ1) is 6.64. The topological polar surface area (TPSA) is 30.5 Å². The molecule has 14 heavy (non-hydrogen) atoms. The van der Waals surface area contributed by atoms with Crippen LogP contribution in [0.5, 0.6) is 0 Å². The molecule has 1 rings (SSSR count). The summed E-state index contributed by atoms with van der Waals surface area (Å²) in [4.78, 5) is 0. The van der Waals surface area contributed by atoms with Crippen molar-refractivity contribution in [1.82, 2.24) is 5.32 Å². The van der Waals surface area contributed by atoms with E-state index in [1.165, 1.54) is 12.8 Å². The highest BCUT2D eigenvalue weighted by Gasteiger charge is 2.18. The van der Waals surface area contributed by atoms with Crippen LogP contribution in [0.15, 0.2) is 0 Å². The molecule has 0 aromatic carbocycles. The third-order valence-corrected chi connectivity index (χ3v) is 2.86. The second-order valence-corrected chi connectivity index (χ2v) is 4.55. The van der Waals surface area contributed by atoms with Crippen LogP contribution in [0.3, 0.4) is 0 Å². The van der Waals surface area contributed by atoms with E-state index in [4.69, 9.17) is 9.47 Å². The first-order valence-corrected chi connectivity index (χ1v) is 5.51. The van der Waals surface area contributed by atoms with Gasteiger partial charge in [0, 0.05) is 20.3 Å². The molecular formula is C11H23NO2. The number of nitrogens with one attached hydrogen (secondary N) is 1. The average Bonchev–Trinajstić information content (AvgIpc) is 2.19. The monoisotopic (exact) mass is 201 g/mol. The van der Waals surface area contributed by atoms with Crippen LogP contribution in [-0.2, 0) is 9.47 Å². The molecule has 0 aromatic heterocycles. The number of piperidine rings is 1. The first kappa shape index (κ1) is 12.0. The van der Waals surface area contributed by atoms with E-state index < -0.39 is 0 Å². The summed E-state index contributed by atoms with van der Waals surface area (Å²) in [6.07, 6.45) is 3.80. The fraction of sp³-hybridized carbons (Fsp3) is 1.00. The van der Waals surface area contributed by atoms with Crippen molar-refractivity contribution in [2.45, 2.75) is 44.8 Å². The van der Waals surface area contributed by atoms with Gasteiger partial charge in [-0.1, -0.05) is 0 Å². The normalized spacial score (nSPS) is 23.8. The van der Waals surface area contributed by atoms with Crippen LogP contribution < -0.4 is 5.32 Å². The minimum Gasteiger partial charge on any atom is -0.379 e. The molecule has 0 saturated carbocycles. The van der Waals surface area contributed by atoms with Crippen molar-refractivity contribution in [3.8, 4) is 0 Å². The second-order valence-electron chi connectivity index (χ2n) is 4.55. The predicted molar refractivity (Wildman–Crippen MR) is 57.5 cm³/mol. The Morgan fingerprint density at radius 2 is 2.21 bits per heavy atom. The van der Waals surface area contributed by atoms with E-state index in [1.54, 1.807) is 7.11 Å². The minimum absolute atomic E-state index is 0.0535. The van der Waals surface area contributed by atoms with E-state index in [0.29, 0.717) is 6.10 Å². The van der Waals surface area contributed by atoms with E-state index >= 15 is 0 Å². The fourth-order valence-corrected chi connectivity index (χ4v) is 1.54. The molecule has 0 aliphatic carbocycles. The van der Waals surface area contributed by atoms with E-state index in [-0.39, 0.29) is 5.60 Å². The summed E-state index contributed by atoms with van der Waals surface area (Å²) in [5, 5.41) is 3.34. The van der Waals surface area contributed by atoms with Gasteiger partial charge in [-0.3, -0.25) is 0 Å². The van der Waals surface area contributed by atoms with Gasteiger partial charge in [0.15, 0.2) is 0 Å². The van der Waals surface area contributed by atoms with E-state index in [0.717, 1.165) is 26.1 Å². The highest BCUT2D eigenvalue weighted by Crippen LogP contribution is 2.14. The first-order valence-electron chi connectivity index (χ1n) is 5.51. The SMILES string of the molecule is COC(C)(C)CCO[C@H]1CCCNC1. The van der Waals surface area contributed by atoms with Gasteiger partial charge in [0.1, 0.15) is 0 Å². The fourth-order valence-electron chi connectivity index (χ4n) is 1.54. The summed E-state index contributed by atoms with van der Waals surface area (Å²) in [7, 11) is 1.75.